The molecule has 0 saturated carbocycles. The fourth-order valence-corrected chi connectivity index (χ4v) is 4.82. The third-order valence-corrected chi connectivity index (χ3v) is 7.85. The Bertz CT molecular complexity index is 1010. The number of rotatable bonds is 34. The van der Waals surface area contributed by atoms with Crippen LogP contribution in [0.3, 0.4) is 0 Å². The Morgan fingerprint density at radius 1 is 0.460 bits per heavy atom. The van der Waals surface area contributed by atoms with E-state index in [9.17, 15) is 14.7 Å². The van der Waals surface area contributed by atoms with Crippen molar-refractivity contribution in [3.63, 3.8) is 0 Å². The van der Waals surface area contributed by atoms with Gasteiger partial charge in [0.1, 0.15) is 6.61 Å². The smallest absolute Gasteiger partial charge is 0.306 e. The quantitative estimate of drug-likeness (QED) is 0.0413. The number of esters is 2. The number of hydrogen-bond donors (Lipinski definition) is 1. The van der Waals surface area contributed by atoms with Crippen molar-refractivity contribution < 1.29 is 24.2 Å². The van der Waals surface area contributed by atoms with Crippen LogP contribution in [0, 0.1) is 0 Å². The van der Waals surface area contributed by atoms with E-state index < -0.39 is 6.10 Å². The summed E-state index contributed by atoms with van der Waals surface area (Å²) in [4.78, 5) is 24.2. The monoisotopic (exact) mass is 693 g/mol. The number of carbonyl (C=O) groups is 2. The van der Waals surface area contributed by atoms with Gasteiger partial charge in [-0.1, -0.05) is 143 Å². The molecule has 1 N–H and O–H groups in total. The molecule has 5 heteroatoms. The first kappa shape index (κ1) is 46.8. The molecule has 0 bridgehead atoms. The van der Waals surface area contributed by atoms with Gasteiger partial charge in [0, 0.05) is 12.8 Å². The molecule has 0 amide bonds. The highest BCUT2D eigenvalue weighted by Gasteiger charge is 2.15. The highest BCUT2D eigenvalue weighted by atomic mass is 16.6. The average Bonchev–Trinajstić information content (AvgIpc) is 3.12. The normalized spacial score (nSPS) is 13.3. The van der Waals surface area contributed by atoms with Gasteiger partial charge in [-0.15, -0.1) is 0 Å². The molecule has 5 nitrogen and oxygen atoms in total. The summed E-state index contributed by atoms with van der Waals surface area (Å²) in [5.41, 5.74) is 0. The molecule has 0 fully saturated rings. The van der Waals surface area contributed by atoms with Crippen LogP contribution >= 0.6 is 0 Å². The molecule has 0 aliphatic carbocycles. The fraction of sp³-hybridized carbons (Fsp3) is 0.600. The van der Waals surface area contributed by atoms with Crippen molar-refractivity contribution in [2.75, 3.05) is 13.2 Å². The van der Waals surface area contributed by atoms with Crippen LogP contribution in [-0.4, -0.2) is 36.4 Å². The van der Waals surface area contributed by atoms with Crippen LogP contribution in [0.4, 0.5) is 0 Å². The number of hydrogen-bond acceptors (Lipinski definition) is 5. The summed E-state index contributed by atoms with van der Waals surface area (Å²) in [7, 11) is 0. The summed E-state index contributed by atoms with van der Waals surface area (Å²) in [5, 5.41) is 9.54. The van der Waals surface area contributed by atoms with E-state index in [0.29, 0.717) is 12.8 Å². The number of unbranched alkanes of at least 4 members (excludes halogenated alkanes) is 10. The molecule has 282 valence electrons. The molecule has 0 aromatic heterocycles. The molecule has 1 atom stereocenters. The van der Waals surface area contributed by atoms with Crippen molar-refractivity contribution in [3.05, 3.63) is 97.2 Å². The number of aliphatic hydroxyl groups excluding tert-OH is 1. The first-order valence-corrected chi connectivity index (χ1v) is 19.8. The van der Waals surface area contributed by atoms with E-state index in [4.69, 9.17) is 9.47 Å². The third kappa shape index (κ3) is 37.6. The maximum atomic E-state index is 12.1. The second-order valence-electron chi connectivity index (χ2n) is 12.6. The highest BCUT2D eigenvalue weighted by molar-refractivity contribution is 5.70. The Labute approximate surface area is 307 Å². The lowest BCUT2D eigenvalue weighted by Crippen LogP contribution is -2.28. The van der Waals surface area contributed by atoms with Gasteiger partial charge in [0.2, 0.25) is 0 Å². The van der Waals surface area contributed by atoms with Crippen LogP contribution in [0.15, 0.2) is 97.2 Å². The lowest BCUT2D eigenvalue weighted by atomic mass is 10.1. The molecule has 0 spiro atoms. The standard InChI is InChI=1S/C45H72O5/c1-3-5-7-9-11-13-15-17-19-21-22-24-25-27-29-31-33-35-37-39-44(47)49-42-43(41-46)50-45(48)40-38-36-34-32-30-28-26-23-20-18-16-14-12-10-8-6-4-2/h11-14,17-20,22,24,26-29,32,34,43,46H,3-10,15-16,21,23,25,30-31,33,35-42H2,1-2H3/b13-11+,14-12+,19-17+,20-18+,24-22+,28-26+,29-27+,34-32+/t43-/m0/s1. The third-order valence-electron chi connectivity index (χ3n) is 7.85. The van der Waals surface area contributed by atoms with E-state index in [2.05, 4.69) is 111 Å². The summed E-state index contributed by atoms with van der Waals surface area (Å²) in [6.45, 7) is 3.98. The van der Waals surface area contributed by atoms with Gasteiger partial charge in [-0.25, -0.2) is 0 Å². The van der Waals surface area contributed by atoms with E-state index in [1.807, 2.05) is 0 Å². The van der Waals surface area contributed by atoms with Crippen molar-refractivity contribution in [3.8, 4) is 0 Å². The number of carbonyl (C=O) groups excluding carboxylic acids is 2. The van der Waals surface area contributed by atoms with Gasteiger partial charge in [0.05, 0.1) is 6.61 Å². The predicted molar refractivity (Wildman–Crippen MR) is 214 cm³/mol. The van der Waals surface area contributed by atoms with Gasteiger partial charge in [0.15, 0.2) is 6.10 Å². The van der Waals surface area contributed by atoms with Crippen molar-refractivity contribution >= 4 is 11.9 Å². The summed E-state index contributed by atoms with van der Waals surface area (Å²) in [5.74, 6) is -0.703. The second kappa shape index (κ2) is 40.3. The van der Waals surface area contributed by atoms with Crippen molar-refractivity contribution in [1.82, 2.24) is 0 Å². The molecule has 0 saturated heterocycles. The zero-order chi connectivity index (χ0) is 36.4. The zero-order valence-corrected chi connectivity index (χ0v) is 31.9. The fourth-order valence-electron chi connectivity index (χ4n) is 4.82. The SMILES string of the molecule is CCCCC/C=C/C/C=C/C/C=C/C/C=C/CCCCCC(=O)OC[C@H](CO)OC(=O)CCC/C=C/C/C=C/C/C=C/C/C=C/CCCCC. The molecule has 0 heterocycles. The minimum absolute atomic E-state index is 0.111. The molecular weight excluding hydrogens is 620 g/mol. The molecule has 0 aromatic rings. The Kier molecular flexibility index (Phi) is 37.7. The lowest BCUT2D eigenvalue weighted by Gasteiger charge is -2.15. The van der Waals surface area contributed by atoms with Gasteiger partial charge in [-0.05, 0) is 96.3 Å². The van der Waals surface area contributed by atoms with E-state index in [1.165, 1.54) is 51.4 Å². The zero-order valence-electron chi connectivity index (χ0n) is 31.9. The summed E-state index contributed by atoms with van der Waals surface area (Å²) in [6.07, 6.45) is 56.1. The molecule has 50 heavy (non-hydrogen) atoms. The molecule has 0 aliphatic heterocycles. The van der Waals surface area contributed by atoms with E-state index in [1.54, 1.807) is 0 Å². The molecule has 0 aromatic carbocycles. The Morgan fingerprint density at radius 3 is 1.22 bits per heavy atom. The van der Waals surface area contributed by atoms with E-state index in [0.717, 1.165) is 70.6 Å². The minimum atomic E-state index is -0.819. The van der Waals surface area contributed by atoms with Crippen LogP contribution in [0.2, 0.25) is 0 Å². The molecule has 0 rings (SSSR count). The van der Waals surface area contributed by atoms with Gasteiger partial charge in [0.25, 0.3) is 0 Å². The van der Waals surface area contributed by atoms with Crippen LogP contribution in [-0.2, 0) is 19.1 Å². The van der Waals surface area contributed by atoms with Crippen molar-refractivity contribution in [2.45, 2.75) is 161 Å². The number of aliphatic hydroxyl groups is 1. The van der Waals surface area contributed by atoms with Gasteiger partial charge < -0.3 is 14.6 Å². The summed E-state index contributed by atoms with van der Waals surface area (Å²) in [6, 6.07) is 0. The highest BCUT2D eigenvalue weighted by Crippen LogP contribution is 2.08. The summed E-state index contributed by atoms with van der Waals surface area (Å²) < 4.78 is 10.5. The van der Waals surface area contributed by atoms with Crippen LogP contribution in [0.25, 0.3) is 0 Å². The average molecular weight is 693 g/mol. The number of allylic oxidation sites excluding steroid dienone is 16. The van der Waals surface area contributed by atoms with E-state index >= 15 is 0 Å². The van der Waals surface area contributed by atoms with Crippen molar-refractivity contribution in [2.24, 2.45) is 0 Å². The molecule has 0 aliphatic rings. The molecule has 0 unspecified atom stereocenters. The van der Waals surface area contributed by atoms with Gasteiger partial charge >= 0.3 is 11.9 Å². The van der Waals surface area contributed by atoms with Crippen LogP contribution in [0.1, 0.15) is 155 Å². The van der Waals surface area contributed by atoms with Crippen LogP contribution in [0.5, 0.6) is 0 Å². The summed E-state index contributed by atoms with van der Waals surface area (Å²) >= 11 is 0. The largest absolute Gasteiger partial charge is 0.462 e. The van der Waals surface area contributed by atoms with Crippen LogP contribution < -0.4 is 0 Å². The number of ether oxygens (including phenoxy) is 2. The van der Waals surface area contributed by atoms with E-state index in [-0.39, 0.29) is 31.6 Å². The van der Waals surface area contributed by atoms with Gasteiger partial charge in [-0.2, -0.15) is 0 Å². The second-order valence-corrected chi connectivity index (χ2v) is 12.6. The predicted octanol–water partition coefficient (Wildman–Crippen LogP) is 12.5. The first-order valence-electron chi connectivity index (χ1n) is 19.8. The Morgan fingerprint density at radius 2 is 0.820 bits per heavy atom. The maximum Gasteiger partial charge on any atom is 0.306 e. The Hall–Kier alpha value is -3.18. The topological polar surface area (TPSA) is 72.8 Å². The van der Waals surface area contributed by atoms with Crippen molar-refractivity contribution in [1.29, 1.82) is 0 Å². The maximum absolute atomic E-state index is 12.1. The molecule has 0 radical (unpaired) electrons. The minimum Gasteiger partial charge on any atom is -0.462 e. The lowest BCUT2D eigenvalue weighted by molar-refractivity contribution is -0.161. The Balaban J connectivity index is 3.76. The van der Waals surface area contributed by atoms with Gasteiger partial charge in [-0.3, -0.25) is 9.59 Å². The first-order chi connectivity index (χ1) is 24.6. The molecular formula is C45H72O5.